The predicted octanol–water partition coefficient (Wildman–Crippen LogP) is -1.84. The van der Waals surface area contributed by atoms with E-state index in [1.165, 1.54) is 0 Å². The Kier molecular flexibility index (Phi) is 23.2. The van der Waals surface area contributed by atoms with E-state index in [0.29, 0.717) is 19.3 Å². The van der Waals surface area contributed by atoms with E-state index in [1.54, 1.807) is 13.8 Å². The molecule has 15 N–H and O–H groups in total. The molecule has 0 saturated heterocycles. The molecular weight excluding hydrogens is 750 g/mol. The highest BCUT2D eigenvalue weighted by molar-refractivity contribution is 5.96. The lowest BCUT2D eigenvalue weighted by atomic mass is 9.96. The van der Waals surface area contributed by atoms with Gasteiger partial charge in [-0.15, -0.1) is 0 Å². The first-order valence-corrected chi connectivity index (χ1v) is 19.9. The summed E-state index contributed by atoms with van der Waals surface area (Å²) < 4.78 is 0. The van der Waals surface area contributed by atoms with Crippen LogP contribution >= 0.6 is 0 Å². The van der Waals surface area contributed by atoms with Gasteiger partial charge in [-0.05, 0) is 55.4 Å². The zero-order chi connectivity index (χ0) is 43.9. The van der Waals surface area contributed by atoms with Gasteiger partial charge in [-0.3, -0.25) is 38.6 Å². The number of primary amides is 1. The van der Waals surface area contributed by atoms with Crippen molar-refractivity contribution in [3.63, 3.8) is 0 Å². The molecule has 1 aromatic carbocycles. The number of guanidine groups is 1. The van der Waals surface area contributed by atoms with Crippen LogP contribution in [0.4, 0.5) is 0 Å². The fourth-order valence-corrected chi connectivity index (χ4v) is 5.80. The van der Waals surface area contributed by atoms with Crippen LogP contribution in [0.15, 0.2) is 35.3 Å². The fraction of sp³-hybridized carbons (Fsp3) is 0.641. The van der Waals surface area contributed by atoms with Crippen molar-refractivity contribution < 1.29 is 38.7 Å². The number of nitrogens with zero attached hydrogens (tertiary/aromatic N) is 1. The summed E-state index contributed by atoms with van der Waals surface area (Å²) in [6.07, 6.45) is 2.08. The molecular formula is C39H67N11O8. The highest BCUT2D eigenvalue weighted by Crippen LogP contribution is 2.13. The first-order valence-electron chi connectivity index (χ1n) is 19.9. The Morgan fingerprint density at radius 2 is 1.22 bits per heavy atom. The molecule has 0 aliphatic carbocycles. The number of carbonyl (C=O) groups is 7. The number of rotatable bonds is 27. The molecule has 0 unspecified atom stereocenters. The maximum Gasteiger partial charge on any atom is 0.243 e. The molecule has 19 nitrogen and oxygen atoms in total. The van der Waals surface area contributed by atoms with Crippen LogP contribution in [-0.4, -0.2) is 108 Å². The molecule has 0 heterocycles. The summed E-state index contributed by atoms with van der Waals surface area (Å²) in [7, 11) is 0. The van der Waals surface area contributed by atoms with Crippen molar-refractivity contribution in [2.24, 2.45) is 45.7 Å². The van der Waals surface area contributed by atoms with Crippen LogP contribution in [0.2, 0.25) is 0 Å². The molecule has 0 bridgehead atoms. The number of hydrogen-bond donors (Lipinski definition) is 11. The monoisotopic (exact) mass is 818 g/mol. The third-order valence-electron chi connectivity index (χ3n) is 9.70. The normalized spacial score (nSPS) is 15.2. The molecule has 0 fully saturated rings. The number of benzene rings is 1. The number of amides is 7. The summed E-state index contributed by atoms with van der Waals surface area (Å²) in [5, 5.41) is 25.0. The second-order valence-corrected chi connectivity index (χ2v) is 15.0. The smallest absolute Gasteiger partial charge is 0.243 e. The third kappa shape index (κ3) is 18.8. The Morgan fingerprint density at radius 3 is 1.78 bits per heavy atom. The van der Waals surface area contributed by atoms with Crippen molar-refractivity contribution in [3.05, 3.63) is 35.9 Å². The molecule has 0 saturated carbocycles. The summed E-state index contributed by atoms with van der Waals surface area (Å²) >= 11 is 0. The predicted molar refractivity (Wildman–Crippen MR) is 220 cm³/mol. The Bertz CT molecular complexity index is 1520. The van der Waals surface area contributed by atoms with E-state index >= 15 is 0 Å². The van der Waals surface area contributed by atoms with Gasteiger partial charge in [0.1, 0.15) is 36.3 Å². The Balaban J connectivity index is 3.24. The zero-order valence-electron chi connectivity index (χ0n) is 34.7. The molecule has 0 spiro atoms. The summed E-state index contributed by atoms with van der Waals surface area (Å²) in [4.78, 5) is 96.2. The number of aliphatic hydroxyl groups excluding tert-OH is 1. The topological polar surface area (TPSA) is 328 Å². The van der Waals surface area contributed by atoms with Crippen LogP contribution in [0.25, 0.3) is 0 Å². The van der Waals surface area contributed by atoms with Crippen molar-refractivity contribution in [1.82, 2.24) is 31.9 Å². The van der Waals surface area contributed by atoms with Gasteiger partial charge < -0.3 is 59.9 Å². The number of nitrogens with two attached hydrogens (primary N) is 4. The van der Waals surface area contributed by atoms with Crippen molar-refractivity contribution in [2.75, 3.05) is 19.7 Å². The van der Waals surface area contributed by atoms with Crippen LogP contribution in [-0.2, 0) is 40.0 Å². The van der Waals surface area contributed by atoms with E-state index in [1.807, 2.05) is 58.0 Å². The lowest BCUT2D eigenvalue weighted by molar-refractivity contribution is -0.135. The number of aliphatic imine (C=N–C) groups is 1. The maximum atomic E-state index is 13.8. The number of carbonyl (C=O) groups excluding carboxylic acids is 7. The molecule has 7 amide bonds. The molecule has 0 radical (unpaired) electrons. The average molecular weight is 818 g/mol. The lowest BCUT2D eigenvalue weighted by Gasteiger charge is -2.28. The zero-order valence-corrected chi connectivity index (χ0v) is 34.7. The minimum Gasteiger partial charge on any atom is -0.394 e. The standard InChI is InChI=1S/C39H67N11O8/c1-7-23(5)31(33(41)53)49-36(56)28(17-16-25-13-10-9-11-14-25)47-35(55)27(15-12-18-44-39(42)43)46-30(52)20-45-38(58)32(24(6)8-2)50-37(57)29(19-22(3)4)48-34(54)26(40)21-51/h9-11,13-14,22-24,26-29,31-32,51H,7-8,12,15-21,40H2,1-6H3,(H2,41,53)(H,45,58)(H,46,52)(H,47,55)(H,48,54)(H,49,56)(H,50,57)(H4,42,43,44)/t23-,24-,26-,27-,28-,29-,31-,32-/m0/s1. The number of aliphatic hydroxyl groups is 1. The molecule has 1 aromatic rings. The highest BCUT2D eigenvalue weighted by atomic mass is 16.3. The van der Waals surface area contributed by atoms with E-state index in [4.69, 9.17) is 22.9 Å². The highest BCUT2D eigenvalue weighted by Gasteiger charge is 2.33. The number of aryl methyl sites for hydroxylation is 1. The van der Waals surface area contributed by atoms with Crippen LogP contribution in [0.1, 0.15) is 85.6 Å². The Hall–Kier alpha value is -5.30. The van der Waals surface area contributed by atoms with Crippen LogP contribution < -0.4 is 54.8 Å². The van der Waals surface area contributed by atoms with Gasteiger partial charge in [0.2, 0.25) is 41.4 Å². The minimum atomic E-state index is -1.24. The molecule has 8 atom stereocenters. The van der Waals surface area contributed by atoms with Gasteiger partial charge in [-0.2, -0.15) is 0 Å². The van der Waals surface area contributed by atoms with Gasteiger partial charge in [0.25, 0.3) is 0 Å². The maximum absolute atomic E-state index is 13.8. The van der Waals surface area contributed by atoms with Crippen LogP contribution in [0.5, 0.6) is 0 Å². The Labute approximate surface area is 341 Å². The summed E-state index contributed by atoms with van der Waals surface area (Å²) in [5.41, 5.74) is 23.0. The van der Waals surface area contributed by atoms with Gasteiger partial charge in [-0.25, -0.2) is 0 Å². The van der Waals surface area contributed by atoms with E-state index in [2.05, 4.69) is 36.9 Å². The van der Waals surface area contributed by atoms with Gasteiger partial charge in [0.15, 0.2) is 5.96 Å². The van der Waals surface area contributed by atoms with E-state index in [0.717, 1.165) is 5.56 Å². The lowest BCUT2D eigenvalue weighted by Crippen LogP contribution is -2.59. The Morgan fingerprint density at radius 1 is 0.690 bits per heavy atom. The van der Waals surface area contributed by atoms with E-state index in [9.17, 15) is 38.7 Å². The summed E-state index contributed by atoms with van der Waals surface area (Å²) in [6.45, 7) is 9.79. The van der Waals surface area contributed by atoms with Crippen LogP contribution in [0.3, 0.4) is 0 Å². The molecule has 0 aliphatic rings. The van der Waals surface area contributed by atoms with Gasteiger partial charge in [0.05, 0.1) is 13.2 Å². The summed E-state index contributed by atoms with van der Waals surface area (Å²) in [5.74, 6) is -5.74. The first kappa shape index (κ1) is 50.7. The van der Waals surface area contributed by atoms with Crippen molar-refractivity contribution in [3.8, 4) is 0 Å². The molecule has 58 heavy (non-hydrogen) atoms. The minimum absolute atomic E-state index is 0.0316. The number of hydrogen-bond acceptors (Lipinski definition) is 10. The van der Waals surface area contributed by atoms with E-state index < -0.39 is 96.7 Å². The SMILES string of the molecule is CC[C@H](C)[C@H](NC(=O)[C@H](CCc1ccccc1)NC(=O)[C@H](CCCN=C(N)N)NC(=O)CNC(=O)[C@@H](NC(=O)[C@H](CC(C)C)NC(=O)[C@@H](N)CO)[C@@H](C)CC)C(N)=O. The van der Waals surface area contributed by atoms with E-state index in [-0.39, 0.29) is 50.0 Å². The van der Waals surface area contributed by atoms with Gasteiger partial charge in [0, 0.05) is 6.54 Å². The van der Waals surface area contributed by atoms with Crippen molar-refractivity contribution >= 4 is 47.3 Å². The molecule has 0 aliphatic heterocycles. The second kappa shape index (κ2) is 26.6. The van der Waals surface area contributed by atoms with Crippen LogP contribution in [0, 0.1) is 17.8 Å². The number of nitrogens with one attached hydrogen (secondary N) is 6. The molecule has 1 rings (SSSR count). The van der Waals surface area contributed by atoms with Gasteiger partial charge >= 0.3 is 0 Å². The quantitative estimate of drug-likeness (QED) is 0.0266. The largest absolute Gasteiger partial charge is 0.394 e. The van der Waals surface area contributed by atoms with Crippen molar-refractivity contribution in [2.45, 2.75) is 123 Å². The second-order valence-electron chi connectivity index (χ2n) is 15.0. The molecule has 19 heteroatoms. The van der Waals surface area contributed by atoms with Crippen molar-refractivity contribution in [1.29, 1.82) is 0 Å². The fourth-order valence-electron chi connectivity index (χ4n) is 5.80. The summed E-state index contributed by atoms with van der Waals surface area (Å²) in [6, 6.07) is 2.56. The molecule has 326 valence electrons. The average Bonchev–Trinajstić information content (AvgIpc) is 3.18. The van der Waals surface area contributed by atoms with Gasteiger partial charge in [-0.1, -0.05) is 84.7 Å². The first-order chi connectivity index (χ1) is 27.3. The molecule has 0 aromatic heterocycles. The third-order valence-corrected chi connectivity index (χ3v) is 9.70.